The highest BCUT2D eigenvalue weighted by molar-refractivity contribution is 5.98. The van der Waals surface area contributed by atoms with Gasteiger partial charge in [-0.2, -0.15) is 0 Å². The fourth-order valence-electron chi connectivity index (χ4n) is 2.73. The summed E-state index contributed by atoms with van der Waals surface area (Å²) < 4.78 is 10.3. The minimum atomic E-state index is -0.588. The third-order valence-electron chi connectivity index (χ3n) is 3.75. The number of hydrogen-bond acceptors (Lipinski definition) is 5. The number of carbonyl (C=O) groups excluding carboxylic acids is 2. The van der Waals surface area contributed by atoms with Crippen LogP contribution in [0, 0.1) is 5.92 Å². The Morgan fingerprint density at radius 1 is 1.35 bits per heavy atom. The number of benzene rings is 1. The molecular weight excluding hydrogens is 298 g/mol. The molecule has 1 saturated heterocycles. The van der Waals surface area contributed by atoms with Crippen LogP contribution in [0.3, 0.4) is 0 Å². The summed E-state index contributed by atoms with van der Waals surface area (Å²) >= 11 is 0. The molecule has 0 radical (unpaired) electrons. The summed E-state index contributed by atoms with van der Waals surface area (Å²) in [6.07, 6.45) is 0.905. The van der Waals surface area contributed by atoms with Gasteiger partial charge in [0.05, 0.1) is 25.4 Å². The number of phenolic OH excluding ortho intramolecular Hbond substituents is 1. The molecule has 1 aromatic carbocycles. The molecule has 1 atom stereocenters. The molecule has 0 saturated carbocycles. The molecule has 1 aliphatic rings. The molecule has 0 aliphatic carbocycles. The smallest absolute Gasteiger partial charge is 0.338 e. The van der Waals surface area contributed by atoms with Gasteiger partial charge in [-0.25, -0.2) is 4.79 Å². The normalized spacial score (nSPS) is 18.1. The van der Waals surface area contributed by atoms with Crippen molar-refractivity contribution in [1.82, 2.24) is 4.90 Å². The highest BCUT2D eigenvalue weighted by Gasteiger charge is 2.26. The van der Waals surface area contributed by atoms with E-state index in [2.05, 4.69) is 18.6 Å². The lowest BCUT2D eigenvalue weighted by molar-refractivity contribution is -0.0298. The fourth-order valence-corrected chi connectivity index (χ4v) is 2.73. The fraction of sp³-hybridized carbons (Fsp3) is 0.529. The second kappa shape index (κ2) is 7.46. The zero-order chi connectivity index (χ0) is 17.0. The molecule has 2 rings (SSSR count). The Bertz CT molecular complexity index is 584. The SMILES string of the molecule is COC(=O)c1cc(O)cc(C(=O)N2CCOC(CC(C)C)C2)c1. The standard InChI is InChI=1S/C17H23NO5/c1-11(2)6-15-10-18(4-5-23-15)16(20)12-7-13(17(21)22-3)9-14(19)8-12/h7-9,11,15,19H,4-6,10H2,1-3H3. The monoisotopic (exact) mass is 321 g/mol. The largest absolute Gasteiger partial charge is 0.508 e. The van der Waals surface area contributed by atoms with Gasteiger partial charge in [0.25, 0.3) is 5.91 Å². The number of phenols is 1. The van der Waals surface area contributed by atoms with Gasteiger partial charge < -0.3 is 19.5 Å². The summed E-state index contributed by atoms with van der Waals surface area (Å²) in [6, 6.07) is 4.09. The molecule has 0 spiro atoms. The predicted octanol–water partition coefficient (Wildman–Crippen LogP) is 2.07. The minimum Gasteiger partial charge on any atom is -0.508 e. The summed E-state index contributed by atoms with van der Waals surface area (Å²) in [6.45, 7) is 5.73. The molecule has 0 bridgehead atoms. The van der Waals surface area contributed by atoms with Crippen LogP contribution in [0.25, 0.3) is 0 Å². The van der Waals surface area contributed by atoms with Gasteiger partial charge in [-0.1, -0.05) is 13.8 Å². The lowest BCUT2D eigenvalue weighted by Gasteiger charge is -2.33. The number of amides is 1. The Hall–Kier alpha value is -2.08. The third-order valence-corrected chi connectivity index (χ3v) is 3.75. The molecule has 1 fully saturated rings. The summed E-state index contributed by atoms with van der Waals surface area (Å²) in [5.74, 6) is -0.456. The summed E-state index contributed by atoms with van der Waals surface area (Å²) in [5, 5.41) is 9.75. The molecule has 1 N–H and O–H groups in total. The van der Waals surface area contributed by atoms with Crippen molar-refractivity contribution in [1.29, 1.82) is 0 Å². The van der Waals surface area contributed by atoms with Crippen molar-refractivity contribution in [2.45, 2.75) is 26.4 Å². The Morgan fingerprint density at radius 2 is 2.04 bits per heavy atom. The topological polar surface area (TPSA) is 76.1 Å². The highest BCUT2D eigenvalue weighted by atomic mass is 16.5. The number of nitrogens with zero attached hydrogens (tertiary/aromatic N) is 1. The number of methoxy groups -OCH3 is 1. The molecule has 1 aliphatic heterocycles. The zero-order valence-electron chi connectivity index (χ0n) is 13.7. The third kappa shape index (κ3) is 4.45. The number of aromatic hydroxyl groups is 1. The van der Waals surface area contributed by atoms with E-state index in [-0.39, 0.29) is 28.9 Å². The van der Waals surface area contributed by atoms with E-state index in [1.807, 2.05) is 0 Å². The molecule has 1 heterocycles. The van der Waals surface area contributed by atoms with Crippen molar-refractivity contribution in [3.63, 3.8) is 0 Å². The molecule has 1 unspecified atom stereocenters. The maximum Gasteiger partial charge on any atom is 0.338 e. The molecule has 23 heavy (non-hydrogen) atoms. The van der Waals surface area contributed by atoms with E-state index in [9.17, 15) is 14.7 Å². The average Bonchev–Trinajstić information content (AvgIpc) is 2.52. The quantitative estimate of drug-likeness (QED) is 0.859. The van der Waals surface area contributed by atoms with Gasteiger partial charge in [0, 0.05) is 18.7 Å². The first-order valence-corrected chi connectivity index (χ1v) is 7.74. The number of esters is 1. The number of morpholine rings is 1. The Labute approximate surface area is 136 Å². The van der Waals surface area contributed by atoms with Crippen molar-refractivity contribution in [2.24, 2.45) is 5.92 Å². The summed E-state index contributed by atoms with van der Waals surface area (Å²) in [4.78, 5) is 26.0. The van der Waals surface area contributed by atoms with Crippen molar-refractivity contribution in [2.75, 3.05) is 26.8 Å². The summed E-state index contributed by atoms with van der Waals surface area (Å²) in [7, 11) is 1.26. The number of carbonyl (C=O) groups is 2. The number of ether oxygens (including phenoxy) is 2. The molecule has 126 valence electrons. The molecule has 0 aromatic heterocycles. The molecule has 6 heteroatoms. The van der Waals surface area contributed by atoms with Crippen molar-refractivity contribution >= 4 is 11.9 Å². The van der Waals surface area contributed by atoms with Crippen molar-refractivity contribution in [3.05, 3.63) is 29.3 Å². The van der Waals surface area contributed by atoms with Gasteiger partial charge >= 0.3 is 5.97 Å². The van der Waals surface area contributed by atoms with E-state index < -0.39 is 5.97 Å². The average molecular weight is 321 g/mol. The van der Waals surface area contributed by atoms with Crippen LogP contribution in [0.4, 0.5) is 0 Å². The van der Waals surface area contributed by atoms with Gasteiger partial charge in [0.2, 0.25) is 0 Å². The van der Waals surface area contributed by atoms with Gasteiger partial charge in [0.15, 0.2) is 0 Å². The van der Waals surface area contributed by atoms with E-state index in [1.165, 1.54) is 25.3 Å². The lowest BCUT2D eigenvalue weighted by Crippen LogP contribution is -2.46. The van der Waals surface area contributed by atoms with Gasteiger partial charge in [-0.15, -0.1) is 0 Å². The Balaban J connectivity index is 2.16. The second-order valence-corrected chi connectivity index (χ2v) is 6.13. The van der Waals surface area contributed by atoms with Crippen LogP contribution in [-0.4, -0.2) is 54.8 Å². The van der Waals surface area contributed by atoms with E-state index in [1.54, 1.807) is 4.90 Å². The molecule has 1 amide bonds. The van der Waals surface area contributed by atoms with Crippen molar-refractivity contribution in [3.8, 4) is 5.75 Å². The first-order valence-electron chi connectivity index (χ1n) is 7.74. The van der Waals surface area contributed by atoms with E-state index in [4.69, 9.17) is 4.74 Å². The summed E-state index contributed by atoms with van der Waals surface area (Å²) in [5.41, 5.74) is 0.429. The van der Waals surface area contributed by atoms with Crippen LogP contribution in [0.1, 0.15) is 41.0 Å². The van der Waals surface area contributed by atoms with Crippen LogP contribution < -0.4 is 0 Å². The van der Waals surface area contributed by atoms with Crippen LogP contribution in [0.15, 0.2) is 18.2 Å². The van der Waals surface area contributed by atoms with E-state index in [0.29, 0.717) is 25.6 Å². The number of rotatable bonds is 4. The molecular formula is C17H23NO5. The van der Waals surface area contributed by atoms with Crippen LogP contribution >= 0.6 is 0 Å². The van der Waals surface area contributed by atoms with Crippen molar-refractivity contribution < 1.29 is 24.2 Å². The minimum absolute atomic E-state index is 0.0186. The lowest BCUT2D eigenvalue weighted by atomic mass is 10.0. The maximum atomic E-state index is 12.7. The van der Waals surface area contributed by atoms with Crippen LogP contribution in [-0.2, 0) is 9.47 Å². The van der Waals surface area contributed by atoms with Gasteiger partial charge in [-0.05, 0) is 30.5 Å². The van der Waals surface area contributed by atoms with Crippen LogP contribution in [0.5, 0.6) is 5.75 Å². The zero-order valence-corrected chi connectivity index (χ0v) is 13.7. The maximum absolute atomic E-state index is 12.7. The second-order valence-electron chi connectivity index (χ2n) is 6.13. The molecule has 1 aromatic rings. The predicted molar refractivity (Wildman–Crippen MR) is 84.5 cm³/mol. The Kier molecular flexibility index (Phi) is 5.60. The van der Waals surface area contributed by atoms with Crippen LogP contribution in [0.2, 0.25) is 0 Å². The first kappa shape index (κ1) is 17.3. The van der Waals surface area contributed by atoms with Gasteiger partial charge in [0.1, 0.15) is 5.75 Å². The number of hydrogen-bond donors (Lipinski definition) is 1. The Morgan fingerprint density at radius 3 is 2.70 bits per heavy atom. The van der Waals surface area contributed by atoms with Gasteiger partial charge in [-0.3, -0.25) is 4.79 Å². The first-order chi connectivity index (χ1) is 10.9. The van der Waals surface area contributed by atoms with E-state index in [0.717, 1.165) is 6.42 Å². The highest BCUT2D eigenvalue weighted by Crippen LogP contribution is 2.20. The molecule has 6 nitrogen and oxygen atoms in total. The van der Waals surface area contributed by atoms with E-state index >= 15 is 0 Å².